The number of hydrogen-bond acceptors (Lipinski definition) is 7. The highest BCUT2D eigenvalue weighted by atomic mass is 35.5. The Labute approximate surface area is 174 Å². The minimum Gasteiger partial charge on any atom is -0.438 e. The van der Waals surface area contributed by atoms with Crippen molar-refractivity contribution in [1.29, 1.82) is 10.5 Å². The zero-order chi connectivity index (χ0) is 20.7. The molecule has 2 aromatic heterocycles. The van der Waals surface area contributed by atoms with Crippen LogP contribution in [0, 0.1) is 22.7 Å². The van der Waals surface area contributed by atoms with Gasteiger partial charge in [-0.3, -0.25) is 4.79 Å². The molecule has 9 heteroatoms. The number of allylic oxidation sites excluding steroid dienone is 1. The third-order valence-electron chi connectivity index (χ3n) is 4.67. The number of halogens is 1. The van der Waals surface area contributed by atoms with Crippen LogP contribution in [0.3, 0.4) is 0 Å². The highest BCUT2D eigenvalue weighted by Gasteiger charge is 2.35. The summed E-state index contributed by atoms with van der Waals surface area (Å²) in [5.74, 6) is -0.501. The van der Waals surface area contributed by atoms with Crippen molar-refractivity contribution < 1.29 is 4.74 Å². The van der Waals surface area contributed by atoms with E-state index in [0.29, 0.717) is 37.9 Å². The lowest BCUT2D eigenvalue weighted by atomic mass is 9.84. The summed E-state index contributed by atoms with van der Waals surface area (Å²) in [6, 6.07) is 11.1. The number of hydrogen-bond donors (Lipinski definition) is 3. The molecule has 4 rings (SSSR count). The van der Waals surface area contributed by atoms with Crippen LogP contribution in [0.15, 0.2) is 40.5 Å². The summed E-state index contributed by atoms with van der Waals surface area (Å²) >= 11 is 7.29. The number of rotatable bonds is 3. The van der Waals surface area contributed by atoms with Gasteiger partial charge >= 0.3 is 0 Å². The van der Waals surface area contributed by atoms with Gasteiger partial charge in [-0.1, -0.05) is 23.7 Å². The average molecular weight is 424 g/mol. The molecule has 1 aliphatic rings. The monoisotopic (exact) mass is 423 g/mol. The molecule has 0 saturated heterocycles. The van der Waals surface area contributed by atoms with Gasteiger partial charge < -0.3 is 20.8 Å². The van der Waals surface area contributed by atoms with Gasteiger partial charge in [0.25, 0.3) is 5.56 Å². The topological polar surface area (TPSA) is 128 Å². The van der Waals surface area contributed by atoms with E-state index in [4.69, 9.17) is 22.1 Å². The number of nitrogens with zero attached hydrogens (tertiary/aromatic N) is 2. The summed E-state index contributed by atoms with van der Waals surface area (Å²) < 4.78 is 6.35. The van der Waals surface area contributed by atoms with E-state index < -0.39 is 11.5 Å². The molecule has 1 aliphatic heterocycles. The zero-order valence-corrected chi connectivity index (χ0v) is 16.7. The smallest absolute Gasteiger partial charge is 0.256 e. The van der Waals surface area contributed by atoms with Crippen molar-refractivity contribution >= 4 is 38.2 Å². The second-order valence-corrected chi connectivity index (χ2v) is 7.78. The fraction of sp³-hybridized carbons (Fsp3) is 0.150. The molecule has 0 amide bonds. The number of ether oxygens (including phenoxy) is 1. The van der Waals surface area contributed by atoms with E-state index in [9.17, 15) is 15.3 Å². The lowest BCUT2D eigenvalue weighted by molar-refractivity contribution is 0.397. The predicted octanol–water partition coefficient (Wildman–Crippen LogP) is 3.76. The number of fused-ring (bicyclic) bond motifs is 3. The first-order chi connectivity index (χ1) is 14.0. The molecule has 0 unspecified atom stereocenters. The molecule has 0 saturated carbocycles. The van der Waals surface area contributed by atoms with Gasteiger partial charge in [0.05, 0.1) is 21.7 Å². The molecule has 0 radical (unpaired) electrons. The molecule has 3 heterocycles. The standard InChI is InChI=1S/C20H14ClN5O2S/c1-2-25-20-12(8-23)15-17(29-20)16-14(19(27)26-15)13(11(7-22)18(24)28-16)9-3-5-10(21)6-4-9/h3-6,13,25H,2,24H2,1H3,(H,26,27)/t13-/m1/s1. The molecule has 29 heavy (non-hydrogen) atoms. The van der Waals surface area contributed by atoms with Gasteiger partial charge in [-0.2, -0.15) is 10.5 Å². The SMILES string of the molecule is CCNc1sc2c3c(c(=O)[nH]c2c1C#N)[C@H](c1ccc(Cl)cc1)C(C#N)=C(N)O3. The highest BCUT2D eigenvalue weighted by Crippen LogP contribution is 2.47. The van der Waals surface area contributed by atoms with Crippen LogP contribution in [0.5, 0.6) is 5.75 Å². The fourth-order valence-corrected chi connectivity index (χ4v) is 4.73. The van der Waals surface area contributed by atoms with Gasteiger partial charge in [-0.15, -0.1) is 11.3 Å². The summed E-state index contributed by atoms with van der Waals surface area (Å²) in [5.41, 5.74) is 7.46. The van der Waals surface area contributed by atoms with Gasteiger partial charge in [-0.05, 0) is 24.6 Å². The van der Waals surface area contributed by atoms with Crippen LogP contribution in [0.1, 0.15) is 29.5 Å². The van der Waals surface area contributed by atoms with Gasteiger partial charge in [-0.25, -0.2) is 0 Å². The molecular formula is C20H14ClN5O2S. The van der Waals surface area contributed by atoms with Crippen molar-refractivity contribution in [3.63, 3.8) is 0 Å². The predicted molar refractivity (Wildman–Crippen MR) is 112 cm³/mol. The van der Waals surface area contributed by atoms with Crippen molar-refractivity contribution in [3.8, 4) is 17.9 Å². The molecule has 4 N–H and O–H groups in total. The normalized spacial score (nSPS) is 15.4. The summed E-state index contributed by atoms with van der Waals surface area (Å²) in [6.45, 7) is 2.53. The Kier molecular flexibility index (Phi) is 4.67. The lowest BCUT2D eigenvalue weighted by Gasteiger charge is -2.25. The Balaban J connectivity index is 2.06. The van der Waals surface area contributed by atoms with Crippen LogP contribution in [-0.4, -0.2) is 11.5 Å². The summed E-state index contributed by atoms with van der Waals surface area (Å²) in [5, 5.41) is 23.6. The number of aromatic nitrogens is 1. The number of aromatic amines is 1. The Morgan fingerprint density at radius 3 is 2.66 bits per heavy atom. The molecule has 0 fully saturated rings. The molecule has 0 aliphatic carbocycles. The molecule has 0 bridgehead atoms. The summed E-state index contributed by atoms with van der Waals surface area (Å²) in [4.78, 5) is 15.9. The number of benzene rings is 1. The number of pyridine rings is 1. The van der Waals surface area contributed by atoms with E-state index in [1.807, 2.05) is 6.92 Å². The molecule has 0 spiro atoms. The van der Waals surface area contributed by atoms with Crippen molar-refractivity contribution in [2.24, 2.45) is 5.73 Å². The molecule has 3 aromatic rings. The van der Waals surface area contributed by atoms with Crippen LogP contribution >= 0.6 is 22.9 Å². The van der Waals surface area contributed by atoms with Crippen molar-refractivity contribution in [3.05, 3.63) is 67.8 Å². The minimum atomic E-state index is -0.704. The van der Waals surface area contributed by atoms with Crippen LogP contribution in [0.2, 0.25) is 5.02 Å². The number of thiophene rings is 1. The van der Waals surface area contributed by atoms with Crippen LogP contribution in [0.25, 0.3) is 10.2 Å². The highest BCUT2D eigenvalue weighted by molar-refractivity contribution is 7.23. The van der Waals surface area contributed by atoms with E-state index in [0.717, 1.165) is 0 Å². The molecule has 1 aromatic carbocycles. The first-order valence-electron chi connectivity index (χ1n) is 8.69. The average Bonchev–Trinajstić information content (AvgIpc) is 3.05. The van der Waals surface area contributed by atoms with Crippen molar-refractivity contribution in [2.45, 2.75) is 12.8 Å². The Hall–Kier alpha value is -3.46. The molecule has 1 atom stereocenters. The second-order valence-electron chi connectivity index (χ2n) is 6.33. The Morgan fingerprint density at radius 2 is 2.03 bits per heavy atom. The maximum absolute atomic E-state index is 13.1. The zero-order valence-electron chi connectivity index (χ0n) is 15.2. The van der Waals surface area contributed by atoms with E-state index in [1.165, 1.54) is 11.3 Å². The molecule has 7 nitrogen and oxygen atoms in total. The molecular weight excluding hydrogens is 410 g/mol. The van der Waals surface area contributed by atoms with Crippen LogP contribution < -0.4 is 21.3 Å². The van der Waals surface area contributed by atoms with E-state index in [1.54, 1.807) is 24.3 Å². The first kappa shape index (κ1) is 18.9. The third kappa shape index (κ3) is 2.90. The maximum atomic E-state index is 13.1. The van der Waals surface area contributed by atoms with Gasteiger partial charge in [0.15, 0.2) is 5.75 Å². The van der Waals surface area contributed by atoms with Crippen LogP contribution in [0.4, 0.5) is 5.00 Å². The van der Waals surface area contributed by atoms with E-state index in [-0.39, 0.29) is 22.8 Å². The maximum Gasteiger partial charge on any atom is 0.256 e. The number of nitrogens with one attached hydrogen (secondary N) is 2. The number of nitriles is 2. The summed E-state index contributed by atoms with van der Waals surface area (Å²) in [6.07, 6.45) is 0. The Morgan fingerprint density at radius 1 is 1.31 bits per heavy atom. The number of nitrogens with two attached hydrogens (primary N) is 1. The van der Waals surface area contributed by atoms with Crippen molar-refractivity contribution in [1.82, 2.24) is 4.98 Å². The first-order valence-corrected chi connectivity index (χ1v) is 9.89. The Bertz CT molecular complexity index is 1310. The second kappa shape index (κ2) is 7.17. The summed E-state index contributed by atoms with van der Waals surface area (Å²) in [7, 11) is 0. The van der Waals surface area contributed by atoms with Gasteiger partial charge in [0.2, 0.25) is 5.88 Å². The number of anilines is 1. The van der Waals surface area contributed by atoms with Gasteiger partial charge in [0, 0.05) is 11.6 Å². The number of H-pyrrole nitrogens is 1. The van der Waals surface area contributed by atoms with Gasteiger partial charge in [0.1, 0.15) is 28.3 Å². The minimum absolute atomic E-state index is 0.0660. The van der Waals surface area contributed by atoms with Crippen LogP contribution in [-0.2, 0) is 0 Å². The quantitative estimate of drug-likeness (QED) is 0.588. The largest absolute Gasteiger partial charge is 0.438 e. The van der Waals surface area contributed by atoms with Crippen molar-refractivity contribution in [2.75, 3.05) is 11.9 Å². The lowest BCUT2D eigenvalue weighted by Crippen LogP contribution is -2.27. The van der Waals surface area contributed by atoms with E-state index in [2.05, 4.69) is 22.4 Å². The van der Waals surface area contributed by atoms with E-state index >= 15 is 0 Å². The molecule has 144 valence electrons. The fourth-order valence-electron chi connectivity index (χ4n) is 3.43. The third-order valence-corrected chi connectivity index (χ3v) is 6.07.